The van der Waals surface area contributed by atoms with E-state index in [2.05, 4.69) is 6.58 Å². The highest BCUT2D eigenvalue weighted by atomic mass is 35.5. The van der Waals surface area contributed by atoms with Gasteiger partial charge in [0.15, 0.2) is 0 Å². The number of halogens is 1. The molecule has 0 atom stereocenters. The third-order valence-corrected chi connectivity index (χ3v) is 0.674. The molecule has 0 radical (unpaired) electrons. The van der Waals surface area contributed by atoms with Crippen molar-refractivity contribution in [2.45, 2.75) is 0 Å². The van der Waals surface area contributed by atoms with E-state index in [-0.39, 0.29) is 0 Å². The van der Waals surface area contributed by atoms with Crippen molar-refractivity contribution in [1.29, 1.82) is 0 Å². The van der Waals surface area contributed by atoms with Gasteiger partial charge in [0.1, 0.15) is 6.61 Å². The molecule has 0 rings (SSSR count). The van der Waals surface area contributed by atoms with Gasteiger partial charge in [-0.1, -0.05) is 12.7 Å². The van der Waals surface area contributed by atoms with Crippen LogP contribution in [0.15, 0.2) is 25.0 Å². The predicted molar refractivity (Wildman–Crippen MR) is 36.0 cm³/mol. The van der Waals surface area contributed by atoms with Gasteiger partial charge in [0.05, 0.1) is 6.26 Å². The average molecular weight is 133 g/mol. The Morgan fingerprint density at radius 3 is 2.88 bits per heavy atom. The number of hydrogen-bond acceptors (Lipinski definition) is 1. The molecule has 0 saturated heterocycles. The summed E-state index contributed by atoms with van der Waals surface area (Å²) in [6, 6.07) is 0. The van der Waals surface area contributed by atoms with Crippen molar-refractivity contribution in [2.75, 3.05) is 12.5 Å². The monoisotopic (exact) mass is 132 g/mol. The molecule has 0 fully saturated rings. The lowest BCUT2D eigenvalue weighted by Crippen LogP contribution is -1.78. The van der Waals surface area contributed by atoms with Crippen LogP contribution in [-0.4, -0.2) is 12.5 Å². The van der Waals surface area contributed by atoms with E-state index in [1.807, 2.05) is 0 Å². The zero-order chi connectivity index (χ0) is 6.24. The summed E-state index contributed by atoms with van der Waals surface area (Å²) in [7, 11) is 0. The van der Waals surface area contributed by atoms with E-state index in [1.54, 1.807) is 18.4 Å². The summed E-state index contributed by atoms with van der Waals surface area (Å²) < 4.78 is 4.84. The fourth-order valence-corrected chi connectivity index (χ4v) is 0.301. The van der Waals surface area contributed by atoms with Crippen molar-refractivity contribution in [1.82, 2.24) is 0 Å². The van der Waals surface area contributed by atoms with Crippen LogP contribution in [0.1, 0.15) is 0 Å². The van der Waals surface area contributed by atoms with Crippen LogP contribution in [0.4, 0.5) is 0 Å². The third-order valence-electron chi connectivity index (χ3n) is 0.496. The molecule has 0 spiro atoms. The van der Waals surface area contributed by atoms with Crippen LogP contribution in [0.2, 0.25) is 0 Å². The fourth-order valence-electron chi connectivity index (χ4n) is 0.228. The Bertz CT molecular complexity index is 78.6. The predicted octanol–water partition coefficient (Wildman–Crippen LogP) is 1.94. The van der Waals surface area contributed by atoms with E-state index < -0.39 is 0 Å². The first-order valence-corrected chi connectivity index (χ1v) is 2.88. The van der Waals surface area contributed by atoms with Crippen molar-refractivity contribution >= 4 is 11.6 Å². The largest absolute Gasteiger partial charge is 0.497 e. The van der Waals surface area contributed by atoms with Gasteiger partial charge in [0.25, 0.3) is 0 Å². The van der Waals surface area contributed by atoms with Gasteiger partial charge in [-0.15, -0.1) is 11.6 Å². The molecular formula is C6H9ClO. The van der Waals surface area contributed by atoms with Gasteiger partial charge in [-0.05, 0) is 6.08 Å². The number of allylic oxidation sites excluding steroid dienone is 1. The topological polar surface area (TPSA) is 9.23 Å². The van der Waals surface area contributed by atoms with E-state index in [0.717, 1.165) is 0 Å². The summed E-state index contributed by atoms with van der Waals surface area (Å²) >= 11 is 5.29. The second-order valence-corrected chi connectivity index (χ2v) is 1.46. The number of ether oxygens (including phenoxy) is 1. The van der Waals surface area contributed by atoms with Crippen molar-refractivity contribution < 1.29 is 4.74 Å². The van der Waals surface area contributed by atoms with Crippen LogP contribution in [0, 0.1) is 0 Å². The first kappa shape index (κ1) is 7.57. The lowest BCUT2D eigenvalue weighted by molar-refractivity contribution is 0.289. The average Bonchev–Trinajstić information content (AvgIpc) is 1.81. The van der Waals surface area contributed by atoms with Crippen molar-refractivity contribution in [2.24, 2.45) is 0 Å². The van der Waals surface area contributed by atoms with Crippen LogP contribution >= 0.6 is 11.6 Å². The molecule has 0 aromatic rings. The zero-order valence-corrected chi connectivity index (χ0v) is 5.40. The summed E-state index contributed by atoms with van der Waals surface area (Å²) in [5.41, 5.74) is 0. The molecule has 46 valence electrons. The fraction of sp³-hybridized carbons (Fsp3) is 0.333. The molecule has 0 saturated carbocycles. The maximum absolute atomic E-state index is 5.29. The van der Waals surface area contributed by atoms with Crippen LogP contribution in [0.25, 0.3) is 0 Å². The van der Waals surface area contributed by atoms with Crippen LogP contribution in [0.3, 0.4) is 0 Å². The molecule has 0 heterocycles. The first-order valence-electron chi connectivity index (χ1n) is 2.35. The molecule has 0 unspecified atom stereocenters. The molecule has 0 aliphatic carbocycles. The molecule has 8 heavy (non-hydrogen) atoms. The molecular weight excluding hydrogens is 124 g/mol. The first-order chi connectivity index (χ1) is 3.91. The van der Waals surface area contributed by atoms with Crippen molar-refractivity contribution in [3.8, 4) is 0 Å². The smallest absolute Gasteiger partial charge is 0.105 e. The lowest BCUT2D eigenvalue weighted by Gasteiger charge is -1.89. The van der Waals surface area contributed by atoms with Gasteiger partial charge >= 0.3 is 0 Å². The van der Waals surface area contributed by atoms with Gasteiger partial charge in [-0.3, -0.25) is 0 Å². The lowest BCUT2D eigenvalue weighted by atomic mass is 10.7. The van der Waals surface area contributed by atoms with Gasteiger partial charge in [0.2, 0.25) is 0 Å². The minimum absolute atomic E-state index is 0.497. The number of rotatable bonds is 4. The Hall–Kier alpha value is -0.430. The van der Waals surface area contributed by atoms with Crippen LogP contribution in [-0.2, 0) is 4.74 Å². The zero-order valence-electron chi connectivity index (χ0n) is 4.64. The highest BCUT2D eigenvalue weighted by Gasteiger charge is 1.68. The molecule has 0 N–H and O–H groups in total. The Morgan fingerprint density at radius 1 is 1.62 bits per heavy atom. The maximum Gasteiger partial charge on any atom is 0.105 e. The summed E-state index contributed by atoms with van der Waals surface area (Å²) in [6.45, 7) is 4.02. The van der Waals surface area contributed by atoms with E-state index in [0.29, 0.717) is 12.5 Å². The Labute approximate surface area is 54.6 Å². The van der Waals surface area contributed by atoms with E-state index in [1.165, 1.54) is 0 Å². The molecule has 2 heteroatoms. The van der Waals surface area contributed by atoms with Crippen LogP contribution in [0.5, 0.6) is 0 Å². The van der Waals surface area contributed by atoms with Crippen molar-refractivity contribution in [3.63, 3.8) is 0 Å². The summed E-state index contributed by atoms with van der Waals surface area (Å²) in [6.07, 6.45) is 4.97. The van der Waals surface area contributed by atoms with Crippen LogP contribution < -0.4 is 0 Å². The molecule has 0 aromatic carbocycles. The SMILES string of the molecule is C=CCOC=CCCl. The molecule has 0 aliphatic rings. The summed E-state index contributed by atoms with van der Waals surface area (Å²) in [5.74, 6) is 0.497. The molecule has 0 amide bonds. The van der Waals surface area contributed by atoms with E-state index in [9.17, 15) is 0 Å². The van der Waals surface area contributed by atoms with Gasteiger partial charge in [-0.25, -0.2) is 0 Å². The maximum atomic E-state index is 5.29. The van der Waals surface area contributed by atoms with E-state index in [4.69, 9.17) is 16.3 Å². The molecule has 0 aromatic heterocycles. The highest BCUT2D eigenvalue weighted by Crippen LogP contribution is 1.80. The Kier molecular flexibility index (Phi) is 6.22. The molecule has 0 bridgehead atoms. The standard InChI is InChI=1S/C6H9ClO/c1-2-5-8-6-3-4-7/h2-3,6H,1,4-5H2. The van der Waals surface area contributed by atoms with Gasteiger partial charge < -0.3 is 4.74 Å². The highest BCUT2D eigenvalue weighted by molar-refractivity contribution is 6.18. The quantitative estimate of drug-likeness (QED) is 0.246. The van der Waals surface area contributed by atoms with Gasteiger partial charge in [0, 0.05) is 5.88 Å². The van der Waals surface area contributed by atoms with Crippen molar-refractivity contribution in [3.05, 3.63) is 25.0 Å². The number of alkyl halides is 1. The molecule has 1 nitrogen and oxygen atoms in total. The Morgan fingerprint density at radius 2 is 2.38 bits per heavy atom. The summed E-state index contributed by atoms with van der Waals surface area (Å²) in [5, 5.41) is 0. The molecule has 0 aliphatic heterocycles. The normalized spacial score (nSPS) is 9.62. The third kappa shape index (κ3) is 5.57. The summed E-state index contributed by atoms with van der Waals surface area (Å²) in [4.78, 5) is 0. The minimum Gasteiger partial charge on any atom is -0.497 e. The van der Waals surface area contributed by atoms with Gasteiger partial charge in [-0.2, -0.15) is 0 Å². The second-order valence-electron chi connectivity index (χ2n) is 1.15. The second kappa shape index (κ2) is 6.57. The van der Waals surface area contributed by atoms with E-state index >= 15 is 0 Å². The Balaban J connectivity index is 2.90. The number of hydrogen-bond donors (Lipinski definition) is 0. The minimum atomic E-state index is 0.497.